The molecule has 0 spiro atoms. The topological polar surface area (TPSA) is 49.3 Å². The molecule has 5 heteroatoms. The van der Waals surface area contributed by atoms with E-state index in [9.17, 15) is 9.18 Å². The number of rotatable bonds is 4. The summed E-state index contributed by atoms with van der Waals surface area (Å²) in [5.41, 5.74) is 0.831. The highest BCUT2D eigenvalue weighted by atomic mass is 35.5. The summed E-state index contributed by atoms with van der Waals surface area (Å²) in [7, 11) is 0. The van der Waals surface area contributed by atoms with E-state index in [2.05, 4.69) is 5.32 Å². The van der Waals surface area contributed by atoms with E-state index >= 15 is 0 Å². The highest BCUT2D eigenvalue weighted by Crippen LogP contribution is 2.15. The zero-order chi connectivity index (χ0) is 12.1. The van der Waals surface area contributed by atoms with Crippen molar-refractivity contribution in [1.82, 2.24) is 5.32 Å². The fourth-order valence-electron chi connectivity index (χ4n) is 1.17. The first-order chi connectivity index (χ1) is 7.50. The van der Waals surface area contributed by atoms with E-state index < -0.39 is 17.8 Å². The summed E-state index contributed by atoms with van der Waals surface area (Å²) in [4.78, 5) is 11.0. The summed E-state index contributed by atoms with van der Waals surface area (Å²) in [6.45, 7) is 1.77. The van der Waals surface area contributed by atoms with Gasteiger partial charge >= 0.3 is 0 Å². The summed E-state index contributed by atoms with van der Waals surface area (Å²) in [6, 6.07) is 4.41. The number of hydrogen-bond acceptors (Lipinski definition) is 2. The second-order valence-electron chi connectivity index (χ2n) is 3.47. The van der Waals surface area contributed by atoms with Gasteiger partial charge in [0.2, 0.25) is 5.91 Å². The molecule has 0 heterocycles. The molecule has 16 heavy (non-hydrogen) atoms. The van der Waals surface area contributed by atoms with E-state index in [-0.39, 0.29) is 5.02 Å². The minimum atomic E-state index is -1.02. The number of carbonyl (C=O) groups is 1. The first-order valence-corrected chi connectivity index (χ1v) is 5.28. The van der Waals surface area contributed by atoms with Crippen LogP contribution in [0.25, 0.3) is 0 Å². The molecule has 0 aliphatic heterocycles. The molecule has 0 aliphatic rings. The van der Waals surface area contributed by atoms with Crippen LogP contribution in [0.3, 0.4) is 0 Å². The van der Waals surface area contributed by atoms with Crippen molar-refractivity contribution in [1.29, 1.82) is 0 Å². The SMILES string of the molecule is CC(O)C(=O)NCCc1ccc(F)c(Cl)c1. The second kappa shape index (κ2) is 5.82. The van der Waals surface area contributed by atoms with Crippen LogP contribution in [-0.2, 0) is 11.2 Å². The summed E-state index contributed by atoms with van der Waals surface area (Å²) in [6.07, 6.45) is -0.477. The Morgan fingerprint density at radius 2 is 2.31 bits per heavy atom. The lowest BCUT2D eigenvalue weighted by Gasteiger charge is -2.07. The van der Waals surface area contributed by atoms with Gasteiger partial charge in [0.05, 0.1) is 5.02 Å². The standard InChI is InChI=1S/C11H13ClFNO2/c1-7(15)11(16)14-5-4-8-2-3-10(13)9(12)6-8/h2-3,6-7,15H,4-5H2,1H3,(H,14,16). The van der Waals surface area contributed by atoms with Crippen LogP contribution in [0.4, 0.5) is 4.39 Å². The fourth-order valence-corrected chi connectivity index (χ4v) is 1.38. The fraction of sp³-hybridized carbons (Fsp3) is 0.364. The third-order valence-electron chi connectivity index (χ3n) is 2.08. The average Bonchev–Trinajstić information content (AvgIpc) is 2.23. The predicted octanol–water partition coefficient (Wildman–Crippen LogP) is 1.52. The molecule has 0 aliphatic carbocycles. The molecule has 0 aromatic heterocycles. The van der Waals surface area contributed by atoms with Gasteiger partial charge in [0.15, 0.2) is 0 Å². The van der Waals surface area contributed by atoms with Gasteiger partial charge < -0.3 is 10.4 Å². The molecule has 0 fully saturated rings. The molecule has 0 saturated heterocycles. The Morgan fingerprint density at radius 1 is 1.62 bits per heavy atom. The molecule has 1 atom stereocenters. The lowest BCUT2D eigenvalue weighted by atomic mass is 10.1. The van der Waals surface area contributed by atoms with E-state index in [1.54, 1.807) is 6.07 Å². The molecule has 0 bridgehead atoms. The van der Waals surface area contributed by atoms with Crippen LogP contribution in [0.15, 0.2) is 18.2 Å². The van der Waals surface area contributed by atoms with Crippen molar-refractivity contribution in [3.05, 3.63) is 34.6 Å². The molecule has 2 N–H and O–H groups in total. The number of benzene rings is 1. The third kappa shape index (κ3) is 3.79. The van der Waals surface area contributed by atoms with E-state index in [0.29, 0.717) is 13.0 Å². The Balaban J connectivity index is 2.43. The van der Waals surface area contributed by atoms with E-state index in [1.165, 1.54) is 19.1 Å². The number of amides is 1. The minimum absolute atomic E-state index is 0.0688. The lowest BCUT2D eigenvalue weighted by molar-refractivity contribution is -0.128. The van der Waals surface area contributed by atoms with Crippen molar-refractivity contribution < 1.29 is 14.3 Å². The van der Waals surface area contributed by atoms with Gasteiger partial charge in [0.1, 0.15) is 11.9 Å². The molecular formula is C11H13ClFNO2. The summed E-state index contributed by atoms with van der Waals surface area (Å²) in [5.74, 6) is -0.883. The van der Waals surface area contributed by atoms with Gasteiger partial charge in [-0.05, 0) is 31.0 Å². The first-order valence-electron chi connectivity index (χ1n) is 4.90. The number of nitrogens with one attached hydrogen (secondary N) is 1. The molecule has 1 aromatic rings. The van der Waals surface area contributed by atoms with Crippen molar-refractivity contribution in [2.45, 2.75) is 19.4 Å². The highest BCUT2D eigenvalue weighted by molar-refractivity contribution is 6.30. The second-order valence-corrected chi connectivity index (χ2v) is 3.87. The molecular weight excluding hydrogens is 233 g/mol. The van der Waals surface area contributed by atoms with E-state index in [1.807, 2.05) is 0 Å². The van der Waals surface area contributed by atoms with Gasteiger partial charge in [-0.1, -0.05) is 17.7 Å². The van der Waals surface area contributed by atoms with Gasteiger partial charge in [0.25, 0.3) is 0 Å². The van der Waals surface area contributed by atoms with Gasteiger partial charge in [-0.2, -0.15) is 0 Å². The zero-order valence-corrected chi connectivity index (χ0v) is 9.59. The van der Waals surface area contributed by atoms with Crippen molar-refractivity contribution >= 4 is 17.5 Å². The number of carbonyl (C=O) groups excluding carboxylic acids is 1. The minimum Gasteiger partial charge on any atom is -0.384 e. The molecule has 1 rings (SSSR count). The third-order valence-corrected chi connectivity index (χ3v) is 2.37. The van der Waals surface area contributed by atoms with E-state index in [0.717, 1.165) is 5.56 Å². The largest absolute Gasteiger partial charge is 0.384 e. The van der Waals surface area contributed by atoms with Crippen molar-refractivity contribution in [2.75, 3.05) is 6.54 Å². The maximum atomic E-state index is 12.8. The normalized spacial score (nSPS) is 12.2. The van der Waals surface area contributed by atoms with Crippen LogP contribution in [0.1, 0.15) is 12.5 Å². The molecule has 1 amide bonds. The van der Waals surface area contributed by atoms with Crippen LogP contribution >= 0.6 is 11.6 Å². The number of aliphatic hydroxyl groups is 1. The number of aliphatic hydroxyl groups excluding tert-OH is 1. The summed E-state index contributed by atoms with van der Waals surface area (Å²) >= 11 is 5.60. The van der Waals surface area contributed by atoms with Gasteiger partial charge in [-0.15, -0.1) is 0 Å². The summed E-state index contributed by atoms with van der Waals surface area (Å²) in [5, 5.41) is 11.5. The van der Waals surface area contributed by atoms with Gasteiger partial charge in [-0.3, -0.25) is 4.79 Å². The molecule has 0 radical (unpaired) electrons. The van der Waals surface area contributed by atoms with Crippen molar-refractivity contribution in [3.63, 3.8) is 0 Å². The van der Waals surface area contributed by atoms with Gasteiger partial charge in [0, 0.05) is 6.54 Å². The highest BCUT2D eigenvalue weighted by Gasteiger charge is 2.07. The molecule has 88 valence electrons. The number of halogens is 2. The van der Waals surface area contributed by atoms with Crippen molar-refractivity contribution in [2.24, 2.45) is 0 Å². The van der Waals surface area contributed by atoms with Gasteiger partial charge in [-0.25, -0.2) is 4.39 Å². The Morgan fingerprint density at radius 3 is 2.88 bits per heavy atom. The zero-order valence-electron chi connectivity index (χ0n) is 8.84. The molecule has 3 nitrogen and oxygen atoms in total. The Hall–Kier alpha value is -1.13. The van der Waals surface area contributed by atoms with Crippen LogP contribution < -0.4 is 5.32 Å². The lowest BCUT2D eigenvalue weighted by Crippen LogP contribution is -2.33. The van der Waals surface area contributed by atoms with Crippen LogP contribution in [0.2, 0.25) is 5.02 Å². The molecule has 1 unspecified atom stereocenters. The quantitative estimate of drug-likeness (QED) is 0.845. The van der Waals surface area contributed by atoms with E-state index in [4.69, 9.17) is 16.7 Å². The first kappa shape index (κ1) is 12.9. The van der Waals surface area contributed by atoms with Crippen LogP contribution in [0, 0.1) is 5.82 Å². The Labute approximate surface area is 98.2 Å². The summed E-state index contributed by atoms with van der Waals surface area (Å²) < 4.78 is 12.8. The number of hydrogen-bond donors (Lipinski definition) is 2. The average molecular weight is 246 g/mol. The smallest absolute Gasteiger partial charge is 0.248 e. The Bertz CT molecular complexity index is 382. The van der Waals surface area contributed by atoms with Crippen molar-refractivity contribution in [3.8, 4) is 0 Å². The maximum absolute atomic E-state index is 12.8. The van der Waals surface area contributed by atoms with Crippen LogP contribution in [-0.4, -0.2) is 23.7 Å². The molecule has 0 saturated carbocycles. The molecule has 1 aromatic carbocycles. The monoisotopic (exact) mass is 245 g/mol. The predicted molar refractivity (Wildman–Crippen MR) is 59.8 cm³/mol. The van der Waals surface area contributed by atoms with Crippen LogP contribution in [0.5, 0.6) is 0 Å². The Kier molecular flexibility index (Phi) is 4.71. The maximum Gasteiger partial charge on any atom is 0.248 e.